The first-order valence-electron chi connectivity index (χ1n) is 15.0. The summed E-state index contributed by atoms with van der Waals surface area (Å²) in [5.74, 6) is -2.12. The zero-order chi connectivity index (χ0) is 34.1. The Morgan fingerprint density at radius 3 is 2.21 bits per heavy atom. The zero-order valence-corrected chi connectivity index (χ0v) is 27.0. The van der Waals surface area contributed by atoms with Crippen molar-refractivity contribution in [3.63, 3.8) is 0 Å². The lowest BCUT2D eigenvalue weighted by atomic mass is 9.96. The zero-order valence-electron chi connectivity index (χ0n) is 26.2. The highest BCUT2D eigenvalue weighted by Crippen LogP contribution is 2.26. The van der Waals surface area contributed by atoms with Gasteiger partial charge in [0.05, 0.1) is 12.2 Å². The summed E-state index contributed by atoms with van der Waals surface area (Å²) in [6.07, 6.45) is 0.160. The highest BCUT2D eigenvalue weighted by molar-refractivity contribution is 6.31. The molecule has 0 aliphatic heterocycles. The number of hydrogen-bond donors (Lipinski definition) is 2. The first kappa shape index (κ1) is 35.2. The van der Waals surface area contributed by atoms with Crippen LogP contribution in [0.4, 0.5) is 23.7 Å². The Hall–Kier alpha value is -4.70. The van der Waals surface area contributed by atoms with Gasteiger partial charge in [-0.15, -0.1) is 0 Å². The second-order valence-corrected chi connectivity index (χ2v) is 11.9. The molecule has 0 aromatic heterocycles. The highest BCUT2D eigenvalue weighted by Gasteiger charge is 2.36. The molecule has 0 radical (unpaired) electrons. The smallest absolute Gasteiger partial charge is 0.348 e. The fourth-order valence-corrected chi connectivity index (χ4v) is 5.08. The fourth-order valence-electron chi connectivity index (χ4n) is 4.82. The van der Waals surface area contributed by atoms with Crippen LogP contribution in [0, 0.1) is 17.5 Å². The number of carboxylic acids is 1. The molecule has 4 aromatic rings. The molecule has 0 saturated heterocycles. The molecule has 4 aromatic carbocycles. The Morgan fingerprint density at radius 1 is 0.915 bits per heavy atom. The fraction of sp³-hybridized carbons (Fsp3) is 0.278. The molecule has 1 unspecified atom stereocenters. The molecular formula is C36H36ClF3N2O5. The molecule has 11 heteroatoms. The van der Waals surface area contributed by atoms with Crippen molar-refractivity contribution >= 4 is 29.3 Å². The molecule has 0 heterocycles. The summed E-state index contributed by atoms with van der Waals surface area (Å²) in [4.78, 5) is 26.6. The molecule has 0 aliphatic carbocycles. The van der Waals surface area contributed by atoms with E-state index in [-0.39, 0.29) is 48.8 Å². The monoisotopic (exact) mass is 668 g/mol. The Bertz CT molecular complexity index is 1670. The van der Waals surface area contributed by atoms with Gasteiger partial charge in [0.15, 0.2) is 0 Å². The standard InChI is InChI=1S/C36H36ClF3N2O5/c1-23(2)25-9-14-28(15-10-25)47-36(3,34(43)44)22-24-7-12-27(13-8-24)46-20-19-42(18-17-29-30(37)5-4-6-31(29)39)35(45)41-33-16-11-26(38)21-32(33)40/h4-16,21,23H,17-20,22H2,1-3H3,(H,41,45)(H,43,44). The van der Waals surface area contributed by atoms with Gasteiger partial charge in [-0.3, -0.25) is 0 Å². The number of halogens is 4. The second-order valence-electron chi connectivity index (χ2n) is 11.5. The Morgan fingerprint density at radius 2 is 1.60 bits per heavy atom. The minimum atomic E-state index is -1.53. The van der Waals surface area contributed by atoms with E-state index < -0.39 is 35.1 Å². The predicted octanol–water partition coefficient (Wildman–Crippen LogP) is 8.50. The average Bonchev–Trinajstić information content (AvgIpc) is 3.02. The summed E-state index contributed by atoms with van der Waals surface area (Å²) in [7, 11) is 0. The molecule has 0 spiro atoms. The van der Waals surface area contributed by atoms with E-state index in [4.69, 9.17) is 21.1 Å². The van der Waals surface area contributed by atoms with E-state index in [9.17, 15) is 27.9 Å². The van der Waals surface area contributed by atoms with Crippen LogP contribution in [-0.2, 0) is 17.6 Å². The van der Waals surface area contributed by atoms with Crippen molar-refractivity contribution in [2.24, 2.45) is 0 Å². The van der Waals surface area contributed by atoms with Gasteiger partial charge in [0.2, 0.25) is 5.60 Å². The highest BCUT2D eigenvalue weighted by atomic mass is 35.5. The van der Waals surface area contributed by atoms with Crippen LogP contribution in [0.15, 0.2) is 84.9 Å². The van der Waals surface area contributed by atoms with Crippen LogP contribution in [-0.4, -0.2) is 47.3 Å². The van der Waals surface area contributed by atoms with Gasteiger partial charge in [-0.2, -0.15) is 0 Å². The van der Waals surface area contributed by atoms with Crippen molar-refractivity contribution in [2.45, 2.75) is 45.1 Å². The van der Waals surface area contributed by atoms with E-state index in [1.54, 1.807) is 42.5 Å². The number of carboxylic acid groups (broad SMARTS) is 1. The third-order valence-electron chi connectivity index (χ3n) is 7.59. The molecule has 2 N–H and O–H groups in total. The summed E-state index contributed by atoms with van der Waals surface area (Å²) in [5, 5.41) is 12.6. The molecule has 2 amide bonds. The number of urea groups is 1. The predicted molar refractivity (Wildman–Crippen MR) is 175 cm³/mol. The molecule has 0 saturated carbocycles. The first-order valence-corrected chi connectivity index (χ1v) is 15.4. The first-order chi connectivity index (χ1) is 22.3. The molecule has 0 aliphatic rings. The van der Waals surface area contributed by atoms with E-state index in [1.807, 2.05) is 12.1 Å². The van der Waals surface area contributed by atoms with Gasteiger partial charge in [0, 0.05) is 29.6 Å². The molecule has 0 fully saturated rings. The van der Waals surface area contributed by atoms with E-state index >= 15 is 0 Å². The van der Waals surface area contributed by atoms with Gasteiger partial charge in [-0.1, -0.05) is 55.8 Å². The summed E-state index contributed by atoms with van der Waals surface area (Å²) in [6, 6.07) is 20.5. The van der Waals surface area contributed by atoms with Crippen LogP contribution in [0.2, 0.25) is 5.02 Å². The number of hydrogen-bond acceptors (Lipinski definition) is 4. The largest absolute Gasteiger partial charge is 0.492 e. The van der Waals surface area contributed by atoms with Crippen LogP contribution < -0.4 is 14.8 Å². The molecule has 0 bridgehead atoms. The maximum absolute atomic E-state index is 14.4. The van der Waals surface area contributed by atoms with Gasteiger partial charge < -0.3 is 24.8 Å². The van der Waals surface area contributed by atoms with Crippen LogP contribution >= 0.6 is 11.6 Å². The number of ether oxygens (including phenoxy) is 2. The van der Waals surface area contributed by atoms with Gasteiger partial charge in [-0.05, 0) is 78.9 Å². The Balaban J connectivity index is 1.39. The lowest BCUT2D eigenvalue weighted by Gasteiger charge is -2.27. The maximum Gasteiger partial charge on any atom is 0.348 e. The lowest BCUT2D eigenvalue weighted by molar-refractivity contribution is -0.153. The summed E-state index contributed by atoms with van der Waals surface area (Å²) >= 11 is 6.16. The summed E-state index contributed by atoms with van der Waals surface area (Å²) < 4.78 is 53.7. The Labute approximate surface area is 276 Å². The van der Waals surface area contributed by atoms with Crippen LogP contribution in [0.5, 0.6) is 11.5 Å². The maximum atomic E-state index is 14.4. The van der Waals surface area contributed by atoms with Crippen LogP contribution in [0.25, 0.3) is 0 Å². The number of nitrogens with zero attached hydrogens (tertiary/aromatic N) is 1. The number of rotatable bonds is 14. The van der Waals surface area contributed by atoms with Crippen molar-refractivity contribution in [2.75, 3.05) is 25.0 Å². The van der Waals surface area contributed by atoms with Crippen molar-refractivity contribution in [1.82, 2.24) is 4.90 Å². The van der Waals surface area contributed by atoms with Crippen molar-refractivity contribution in [3.8, 4) is 11.5 Å². The van der Waals surface area contributed by atoms with Crippen molar-refractivity contribution in [3.05, 3.63) is 124 Å². The molecule has 248 valence electrons. The Kier molecular flexibility index (Phi) is 11.8. The van der Waals surface area contributed by atoms with E-state index in [2.05, 4.69) is 19.2 Å². The summed E-state index contributed by atoms with van der Waals surface area (Å²) in [5.41, 5.74) is 0.295. The van der Waals surface area contributed by atoms with Gasteiger partial charge >= 0.3 is 12.0 Å². The molecular weight excluding hydrogens is 633 g/mol. The van der Waals surface area contributed by atoms with Crippen LogP contribution in [0.1, 0.15) is 43.4 Å². The van der Waals surface area contributed by atoms with Gasteiger partial charge in [-0.25, -0.2) is 22.8 Å². The van der Waals surface area contributed by atoms with E-state index in [0.29, 0.717) is 29.0 Å². The number of carbonyl (C=O) groups is 2. The average molecular weight is 669 g/mol. The van der Waals surface area contributed by atoms with Crippen LogP contribution in [0.3, 0.4) is 0 Å². The molecule has 47 heavy (non-hydrogen) atoms. The number of nitrogens with one attached hydrogen (secondary N) is 1. The van der Waals surface area contributed by atoms with E-state index in [0.717, 1.165) is 17.7 Å². The molecule has 7 nitrogen and oxygen atoms in total. The number of carbonyl (C=O) groups excluding carboxylic acids is 1. The quantitative estimate of drug-likeness (QED) is 0.141. The summed E-state index contributed by atoms with van der Waals surface area (Å²) in [6.45, 7) is 5.73. The third kappa shape index (κ3) is 9.65. The normalized spacial score (nSPS) is 12.3. The number of anilines is 1. The minimum Gasteiger partial charge on any atom is -0.492 e. The van der Waals surface area contributed by atoms with Crippen molar-refractivity contribution < 1.29 is 37.3 Å². The lowest BCUT2D eigenvalue weighted by Crippen LogP contribution is -2.43. The minimum absolute atomic E-state index is 0.0194. The second kappa shape index (κ2) is 15.7. The topological polar surface area (TPSA) is 88.1 Å². The number of aliphatic carboxylic acids is 1. The molecule has 4 rings (SSSR count). The molecule has 1 atom stereocenters. The van der Waals surface area contributed by atoms with E-state index in [1.165, 1.54) is 24.0 Å². The van der Waals surface area contributed by atoms with Gasteiger partial charge in [0.1, 0.15) is 35.6 Å². The number of amides is 2. The number of benzene rings is 4. The van der Waals surface area contributed by atoms with Crippen molar-refractivity contribution in [1.29, 1.82) is 0 Å². The third-order valence-corrected chi connectivity index (χ3v) is 7.94. The SMILES string of the molecule is CC(C)c1ccc(OC(C)(Cc2ccc(OCCN(CCc3c(F)cccc3Cl)C(=O)Nc3ccc(F)cc3F)cc2)C(=O)O)cc1. The van der Waals surface area contributed by atoms with Gasteiger partial charge in [0.25, 0.3) is 0 Å².